The van der Waals surface area contributed by atoms with Crippen LogP contribution >= 0.6 is 11.6 Å². The van der Waals surface area contributed by atoms with Crippen LogP contribution < -0.4 is 0 Å². The highest BCUT2D eigenvalue weighted by molar-refractivity contribution is 6.51. The van der Waals surface area contributed by atoms with E-state index in [0.717, 1.165) is 33.4 Å². The summed E-state index contributed by atoms with van der Waals surface area (Å²) >= 11 is 5.96. The van der Waals surface area contributed by atoms with E-state index in [0.29, 0.717) is 5.02 Å². The Kier molecular flexibility index (Phi) is 4.09. The predicted octanol–water partition coefficient (Wildman–Crippen LogP) is 5.92. The molecule has 0 unspecified atom stereocenters. The van der Waals surface area contributed by atoms with Crippen molar-refractivity contribution in [3.05, 3.63) is 112 Å². The van der Waals surface area contributed by atoms with Crippen LogP contribution in [0.1, 0.15) is 16.7 Å². The van der Waals surface area contributed by atoms with Crippen molar-refractivity contribution in [2.75, 3.05) is 0 Å². The first-order chi connectivity index (χ1) is 12.2. The molecule has 4 rings (SSSR count). The quantitative estimate of drug-likeness (QED) is 0.540. The van der Waals surface area contributed by atoms with E-state index in [1.807, 2.05) is 91.0 Å². The number of allylic oxidation sites excluding steroid dienone is 3. The molecule has 0 fully saturated rings. The summed E-state index contributed by atoms with van der Waals surface area (Å²) in [6.07, 6.45) is 1.94. The molecule has 0 heterocycles. The maximum atomic E-state index is 12.9. The number of Topliss-reactive ketones (excluding diaryl/α,β-unsaturated/α-hetero) is 1. The number of benzene rings is 3. The summed E-state index contributed by atoms with van der Waals surface area (Å²) in [6, 6.07) is 27.4. The van der Waals surface area contributed by atoms with Gasteiger partial charge < -0.3 is 0 Å². The molecule has 0 saturated carbocycles. The molecule has 0 aliphatic heterocycles. The maximum Gasteiger partial charge on any atom is 0.194 e. The number of rotatable bonds is 3. The van der Waals surface area contributed by atoms with E-state index in [9.17, 15) is 4.79 Å². The molecule has 0 N–H and O–H groups in total. The molecule has 2 heteroatoms. The number of hydrogen-bond donors (Lipinski definition) is 0. The lowest BCUT2D eigenvalue weighted by Gasteiger charge is -2.27. The smallest absolute Gasteiger partial charge is 0.194 e. The second-order valence-corrected chi connectivity index (χ2v) is 6.36. The number of ketones is 1. The Hall–Kier alpha value is -2.90. The lowest BCUT2D eigenvalue weighted by atomic mass is 9.74. The molecule has 1 aliphatic rings. The maximum absolute atomic E-state index is 12.9. The molecule has 0 saturated heterocycles. The van der Waals surface area contributed by atoms with Gasteiger partial charge in [0.15, 0.2) is 5.78 Å². The van der Waals surface area contributed by atoms with Gasteiger partial charge in [0.05, 0.1) is 0 Å². The number of hydrogen-bond acceptors (Lipinski definition) is 1. The van der Waals surface area contributed by atoms with Crippen molar-refractivity contribution < 1.29 is 4.79 Å². The van der Waals surface area contributed by atoms with Gasteiger partial charge in [-0.25, -0.2) is 0 Å². The van der Waals surface area contributed by atoms with Crippen LogP contribution in [-0.2, 0) is 4.79 Å². The molecule has 1 aliphatic carbocycles. The van der Waals surface area contributed by atoms with Crippen LogP contribution in [0.4, 0.5) is 0 Å². The summed E-state index contributed by atoms with van der Waals surface area (Å²) in [5.74, 6) is 0.0833. The number of halogens is 1. The highest BCUT2D eigenvalue weighted by atomic mass is 35.5. The molecule has 0 aromatic heterocycles. The Morgan fingerprint density at radius 1 is 0.640 bits per heavy atom. The zero-order chi connectivity index (χ0) is 17.2. The first-order valence-electron chi connectivity index (χ1n) is 8.11. The summed E-state index contributed by atoms with van der Waals surface area (Å²) < 4.78 is 0. The van der Waals surface area contributed by atoms with E-state index in [1.54, 1.807) is 0 Å². The molecule has 0 amide bonds. The molecular formula is C23H15ClO. The molecule has 120 valence electrons. The standard InChI is InChI=1S/C23H15ClO/c24-19-13-11-16(12-14-19)15-20-21(17-7-3-1-4-8-17)22(23(20)25)18-9-5-2-6-10-18/h1-15H. The van der Waals surface area contributed by atoms with Gasteiger partial charge in [-0.15, -0.1) is 0 Å². The van der Waals surface area contributed by atoms with E-state index in [4.69, 9.17) is 11.6 Å². The second-order valence-electron chi connectivity index (χ2n) is 5.92. The fourth-order valence-electron chi connectivity index (χ4n) is 3.08. The SMILES string of the molecule is O=C1C(=Cc2ccc(Cl)cc2)C(c2ccccc2)=C1c1ccccc1. The Morgan fingerprint density at radius 2 is 1.16 bits per heavy atom. The van der Waals surface area contributed by atoms with E-state index in [2.05, 4.69) is 0 Å². The van der Waals surface area contributed by atoms with Gasteiger partial charge in [-0.3, -0.25) is 4.79 Å². The Bertz CT molecular complexity index is 981. The largest absolute Gasteiger partial charge is 0.289 e. The minimum Gasteiger partial charge on any atom is -0.289 e. The van der Waals surface area contributed by atoms with Crippen molar-refractivity contribution in [2.45, 2.75) is 0 Å². The van der Waals surface area contributed by atoms with Gasteiger partial charge in [0.25, 0.3) is 0 Å². The molecule has 0 bridgehead atoms. The Labute approximate surface area is 151 Å². The molecule has 1 nitrogen and oxygen atoms in total. The molecule has 0 atom stereocenters. The third-order valence-corrected chi connectivity index (χ3v) is 4.55. The first-order valence-corrected chi connectivity index (χ1v) is 8.49. The van der Waals surface area contributed by atoms with Gasteiger partial charge in [-0.2, -0.15) is 0 Å². The summed E-state index contributed by atoms with van der Waals surface area (Å²) in [5, 5.41) is 0.686. The lowest BCUT2D eigenvalue weighted by Crippen LogP contribution is -2.20. The number of carbonyl (C=O) groups excluding carboxylic acids is 1. The summed E-state index contributed by atoms with van der Waals surface area (Å²) in [6.45, 7) is 0. The van der Waals surface area contributed by atoms with Gasteiger partial charge >= 0.3 is 0 Å². The Balaban J connectivity index is 1.87. The highest BCUT2D eigenvalue weighted by Crippen LogP contribution is 2.44. The normalized spacial score (nSPS) is 15.4. The summed E-state index contributed by atoms with van der Waals surface area (Å²) in [4.78, 5) is 12.9. The molecule has 0 spiro atoms. The molecular weight excluding hydrogens is 328 g/mol. The second kappa shape index (κ2) is 6.54. The van der Waals surface area contributed by atoms with Crippen LogP contribution in [0.5, 0.6) is 0 Å². The van der Waals surface area contributed by atoms with Crippen molar-refractivity contribution in [1.29, 1.82) is 0 Å². The monoisotopic (exact) mass is 342 g/mol. The Morgan fingerprint density at radius 3 is 1.72 bits per heavy atom. The van der Waals surface area contributed by atoms with Crippen LogP contribution in [0.2, 0.25) is 5.02 Å². The van der Waals surface area contributed by atoms with Crippen LogP contribution in [0.15, 0.2) is 90.5 Å². The van der Waals surface area contributed by atoms with Gasteiger partial charge in [-0.1, -0.05) is 84.4 Å². The minimum absolute atomic E-state index is 0.0833. The molecule has 0 radical (unpaired) electrons. The summed E-state index contributed by atoms with van der Waals surface area (Å²) in [7, 11) is 0. The molecule has 25 heavy (non-hydrogen) atoms. The van der Waals surface area contributed by atoms with Crippen molar-refractivity contribution in [2.24, 2.45) is 0 Å². The number of carbonyl (C=O) groups is 1. The average Bonchev–Trinajstić information content (AvgIpc) is 2.66. The van der Waals surface area contributed by atoms with Crippen molar-refractivity contribution >= 4 is 34.6 Å². The van der Waals surface area contributed by atoms with E-state index in [-0.39, 0.29) is 5.78 Å². The van der Waals surface area contributed by atoms with Gasteiger partial charge in [0.2, 0.25) is 0 Å². The van der Waals surface area contributed by atoms with Crippen molar-refractivity contribution in [3.63, 3.8) is 0 Å². The third-order valence-electron chi connectivity index (χ3n) is 4.30. The first kappa shape index (κ1) is 15.6. The fraction of sp³-hybridized carbons (Fsp3) is 0. The summed E-state index contributed by atoms with van der Waals surface area (Å²) in [5.41, 5.74) is 5.51. The van der Waals surface area contributed by atoms with E-state index < -0.39 is 0 Å². The van der Waals surface area contributed by atoms with E-state index in [1.165, 1.54) is 0 Å². The predicted molar refractivity (Wildman–Crippen MR) is 104 cm³/mol. The van der Waals surface area contributed by atoms with Crippen LogP contribution in [0.3, 0.4) is 0 Å². The van der Waals surface area contributed by atoms with Crippen molar-refractivity contribution in [3.8, 4) is 0 Å². The van der Waals surface area contributed by atoms with Gasteiger partial charge in [0, 0.05) is 21.7 Å². The van der Waals surface area contributed by atoms with Crippen LogP contribution in [0, 0.1) is 0 Å². The minimum atomic E-state index is 0.0833. The fourth-order valence-corrected chi connectivity index (χ4v) is 3.21. The van der Waals surface area contributed by atoms with E-state index >= 15 is 0 Å². The van der Waals surface area contributed by atoms with Crippen LogP contribution in [-0.4, -0.2) is 5.78 Å². The van der Waals surface area contributed by atoms with Crippen molar-refractivity contribution in [1.82, 2.24) is 0 Å². The topological polar surface area (TPSA) is 17.1 Å². The van der Waals surface area contributed by atoms with Gasteiger partial charge in [0.1, 0.15) is 0 Å². The third kappa shape index (κ3) is 2.95. The molecule has 3 aromatic rings. The average molecular weight is 343 g/mol. The zero-order valence-electron chi connectivity index (χ0n) is 13.4. The van der Waals surface area contributed by atoms with Crippen LogP contribution in [0.25, 0.3) is 17.2 Å². The molecule has 3 aromatic carbocycles. The zero-order valence-corrected chi connectivity index (χ0v) is 14.2. The van der Waals surface area contributed by atoms with Gasteiger partial charge in [-0.05, 0) is 34.9 Å². The highest BCUT2D eigenvalue weighted by Gasteiger charge is 2.34. The lowest BCUT2D eigenvalue weighted by molar-refractivity contribution is -0.110.